The van der Waals surface area contributed by atoms with Gasteiger partial charge in [0.25, 0.3) is 0 Å². The first-order valence-electron chi connectivity index (χ1n) is 3.83. The zero-order chi connectivity index (χ0) is 10.7. The van der Waals surface area contributed by atoms with E-state index in [1.54, 1.807) is 5.38 Å². The van der Waals surface area contributed by atoms with Crippen molar-refractivity contribution in [2.45, 2.75) is 10.1 Å². The number of carbonyl (C=O) groups is 1. The average molecular weight is 259 g/mol. The molecule has 0 saturated carbocycles. The predicted octanol–water partition coefficient (Wildman–Crippen LogP) is 1.99. The minimum absolute atomic E-state index is 0.128. The Hall–Kier alpha value is -0.990. The molecule has 0 unspecified atom stereocenters. The van der Waals surface area contributed by atoms with Crippen LogP contribution < -0.4 is 0 Å². The molecule has 0 atom stereocenters. The van der Waals surface area contributed by atoms with Crippen LogP contribution in [0.1, 0.15) is 15.5 Å². The summed E-state index contributed by atoms with van der Waals surface area (Å²) in [4.78, 5) is 18.5. The van der Waals surface area contributed by atoms with E-state index in [2.05, 4.69) is 14.3 Å². The van der Waals surface area contributed by atoms with Gasteiger partial charge in [0.15, 0.2) is 4.34 Å². The predicted molar refractivity (Wildman–Crippen MR) is 58.5 cm³/mol. The molecule has 8 heteroatoms. The second-order valence-corrected chi connectivity index (χ2v) is 5.31. The second kappa shape index (κ2) is 4.69. The van der Waals surface area contributed by atoms with Gasteiger partial charge in [0.1, 0.15) is 6.33 Å². The maximum absolute atomic E-state index is 10.6. The summed E-state index contributed by atoms with van der Waals surface area (Å²) in [5, 5.41) is 10.5. The van der Waals surface area contributed by atoms with Crippen LogP contribution in [0.4, 0.5) is 0 Å². The highest BCUT2D eigenvalue weighted by Crippen LogP contribution is 2.23. The zero-order valence-electron chi connectivity index (χ0n) is 7.28. The molecule has 0 aliphatic heterocycles. The number of hydrogen-bond donors (Lipinski definition) is 1. The molecule has 5 nitrogen and oxygen atoms in total. The average Bonchev–Trinajstić information content (AvgIpc) is 2.86. The molecule has 0 spiro atoms. The molecule has 0 amide bonds. The molecular formula is C7H5N3O2S3. The number of rotatable bonds is 4. The molecule has 78 valence electrons. The summed E-state index contributed by atoms with van der Waals surface area (Å²) in [5.41, 5.74) is 0.762. The molecule has 1 N–H and O–H groups in total. The second-order valence-electron chi connectivity index (χ2n) is 2.44. The highest BCUT2D eigenvalue weighted by atomic mass is 32.2. The highest BCUT2D eigenvalue weighted by molar-refractivity contribution is 8.00. The van der Waals surface area contributed by atoms with Gasteiger partial charge >= 0.3 is 5.97 Å². The van der Waals surface area contributed by atoms with Gasteiger partial charge in [0, 0.05) is 11.1 Å². The third-order valence-corrected chi connectivity index (χ3v) is 4.13. The third kappa shape index (κ3) is 2.74. The van der Waals surface area contributed by atoms with Crippen molar-refractivity contribution in [2.75, 3.05) is 0 Å². The van der Waals surface area contributed by atoms with Crippen LogP contribution in [-0.4, -0.2) is 25.4 Å². The van der Waals surface area contributed by atoms with Crippen molar-refractivity contribution in [3.8, 4) is 0 Å². The monoisotopic (exact) mass is 259 g/mol. The van der Waals surface area contributed by atoms with Gasteiger partial charge < -0.3 is 5.11 Å². The zero-order valence-corrected chi connectivity index (χ0v) is 9.73. The van der Waals surface area contributed by atoms with E-state index in [1.807, 2.05) is 0 Å². The van der Waals surface area contributed by atoms with Crippen LogP contribution in [0.2, 0.25) is 0 Å². The van der Waals surface area contributed by atoms with E-state index >= 15 is 0 Å². The number of aromatic nitrogens is 3. The molecular weight excluding hydrogens is 254 g/mol. The Morgan fingerprint density at radius 2 is 2.47 bits per heavy atom. The van der Waals surface area contributed by atoms with Crippen molar-refractivity contribution < 1.29 is 9.90 Å². The highest BCUT2D eigenvalue weighted by Gasteiger charge is 2.09. The van der Waals surface area contributed by atoms with E-state index in [0.29, 0.717) is 5.75 Å². The minimum Gasteiger partial charge on any atom is -0.476 e. The van der Waals surface area contributed by atoms with Crippen LogP contribution >= 0.6 is 34.6 Å². The van der Waals surface area contributed by atoms with Gasteiger partial charge in [0.05, 0.1) is 5.69 Å². The fraction of sp³-hybridized carbons (Fsp3) is 0.143. The molecule has 0 aliphatic carbocycles. The Balaban J connectivity index is 1.96. The molecule has 0 aliphatic rings. The van der Waals surface area contributed by atoms with E-state index in [-0.39, 0.29) is 5.01 Å². The Labute approximate surface area is 97.4 Å². The first-order valence-corrected chi connectivity index (χ1v) is 6.47. The third-order valence-electron chi connectivity index (χ3n) is 1.42. The van der Waals surface area contributed by atoms with Crippen molar-refractivity contribution in [1.29, 1.82) is 0 Å². The van der Waals surface area contributed by atoms with E-state index in [4.69, 9.17) is 5.11 Å². The summed E-state index contributed by atoms with van der Waals surface area (Å²) in [6.45, 7) is 0. The molecule has 0 bridgehead atoms. The molecule has 15 heavy (non-hydrogen) atoms. The first kappa shape index (κ1) is 10.5. The quantitative estimate of drug-likeness (QED) is 0.846. The van der Waals surface area contributed by atoms with Crippen LogP contribution in [-0.2, 0) is 5.75 Å². The maximum atomic E-state index is 10.6. The summed E-state index contributed by atoms with van der Waals surface area (Å²) in [6.07, 6.45) is 1.50. The summed E-state index contributed by atoms with van der Waals surface area (Å²) in [5.74, 6) is -0.355. The van der Waals surface area contributed by atoms with E-state index in [0.717, 1.165) is 21.4 Å². The lowest BCUT2D eigenvalue weighted by molar-refractivity contribution is 0.0696. The number of carboxylic acid groups (broad SMARTS) is 1. The van der Waals surface area contributed by atoms with Gasteiger partial charge in [-0.15, -0.1) is 11.3 Å². The molecule has 2 aromatic heterocycles. The van der Waals surface area contributed by atoms with Gasteiger partial charge in [-0.2, -0.15) is 4.37 Å². The van der Waals surface area contributed by atoms with Crippen molar-refractivity contribution in [3.63, 3.8) is 0 Å². The van der Waals surface area contributed by atoms with Crippen LogP contribution in [0.3, 0.4) is 0 Å². The van der Waals surface area contributed by atoms with Gasteiger partial charge in [-0.1, -0.05) is 11.8 Å². The molecule has 2 aromatic rings. The van der Waals surface area contributed by atoms with Crippen molar-refractivity contribution in [2.24, 2.45) is 0 Å². The van der Waals surface area contributed by atoms with Gasteiger partial charge in [-0.25, -0.2) is 14.8 Å². The molecule has 0 fully saturated rings. The molecule has 2 rings (SSSR count). The SMILES string of the molecule is O=C(O)c1nc(CSc2ncns2)cs1. The largest absolute Gasteiger partial charge is 0.476 e. The fourth-order valence-corrected chi connectivity index (χ4v) is 2.93. The Morgan fingerprint density at radius 1 is 1.60 bits per heavy atom. The number of hydrogen-bond acceptors (Lipinski definition) is 7. The number of nitrogens with zero attached hydrogens (tertiary/aromatic N) is 3. The summed E-state index contributed by atoms with van der Waals surface area (Å²) >= 11 is 3.96. The molecule has 0 radical (unpaired) electrons. The fourth-order valence-electron chi connectivity index (χ4n) is 0.834. The number of thiazole rings is 1. The van der Waals surface area contributed by atoms with Crippen molar-refractivity contribution >= 4 is 40.6 Å². The van der Waals surface area contributed by atoms with Gasteiger partial charge in [-0.05, 0) is 11.5 Å². The molecule has 2 heterocycles. The van der Waals surface area contributed by atoms with Crippen LogP contribution in [0.25, 0.3) is 0 Å². The van der Waals surface area contributed by atoms with Crippen LogP contribution in [0, 0.1) is 0 Å². The van der Waals surface area contributed by atoms with E-state index in [1.165, 1.54) is 29.6 Å². The standard InChI is InChI=1S/C7H5N3O2S3/c11-6(12)5-10-4(1-13-5)2-14-7-8-3-9-15-7/h1,3H,2H2,(H,11,12). The van der Waals surface area contributed by atoms with Gasteiger partial charge in [-0.3, -0.25) is 0 Å². The molecule has 0 aromatic carbocycles. The maximum Gasteiger partial charge on any atom is 0.365 e. The Morgan fingerprint density at radius 3 is 3.07 bits per heavy atom. The van der Waals surface area contributed by atoms with Gasteiger partial charge in [0.2, 0.25) is 5.01 Å². The lowest BCUT2D eigenvalue weighted by atomic mass is 10.6. The van der Waals surface area contributed by atoms with E-state index in [9.17, 15) is 4.79 Å². The summed E-state index contributed by atoms with van der Waals surface area (Å²) in [6, 6.07) is 0. The lowest BCUT2D eigenvalue weighted by Crippen LogP contribution is -1.94. The lowest BCUT2D eigenvalue weighted by Gasteiger charge is -1.91. The summed E-state index contributed by atoms with van der Waals surface area (Å²) < 4.78 is 4.73. The van der Waals surface area contributed by atoms with Crippen molar-refractivity contribution in [3.05, 3.63) is 22.4 Å². The van der Waals surface area contributed by atoms with Crippen molar-refractivity contribution in [1.82, 2.24) is 14.3 Å². The number of carboxylic acids is 1. The molecule has 0 saturated heterocycles. The van der Waals surface area contributed by atoms with Crippen LogP contribution in [0.15, 0.2) is 16.0 Å². The topological polar surface area (TPSA) is 76.0 Å². The van der Waals surface area contributed by atoms with Crippen LogP contribution in [0.5, 0.6) is 0 Å². The number of thioether (sulfide) groups is 1. The first-order chi connectivity index (χ1) is 7.25. The Bertz CT molecular complexity index is 454. The Kier molecular flexibility index (Phi) is 3.29. The summed E-state index contributed by atoms with van der Waals surface area (Å²) in [7, 11) is 0. The normalized spacial score (nSPS) is 10.4. The number of aromatic carboxylic acids is 1. The smallest absolute Gasteiger partial charge is 0.365 e. The minimum atomic E-state index is -0.979. The van der Waals surface area contributed by atoms with E-state index < -0.39 is 5.97 Å².